The Hall–Kier alpha value is -1.10. The molecule has 0 aromatic rings. The van der Waals surface area contributed by atoms with Crippen LogP contribution < -0.4 is 0 Å². The van der Waals surface area contributed by atoms with Crippen LogP contribution in [0.5, 0.6) is 0 Å². The van der Waals surface area contributed by atoms with Crippen molar-refractivity contribution < 1.29 is 19.1 Å². The van der Waals surface area contributed by atoms with Crippen molar-refractivity contribution in [3.05, 3.63) is 0 Å². The van der Waals surface area contributed by atoms with Crippen molar-refractivity contribution in [3.8, 4) is 0 Å². The van der Waals surface area contributed by atoms with Gasteiger partial charge in [-0.3, -0.25) is 14.5 Å². The van der Waals surface area contributed by atoms with E-state index in [2.05, 4.69) is 13.8 Å². The lowest BCUT2D eigenvalue weighted by atomic mass is 10.0. The van der Waals surface area contributed by atoms with E-state index < -0.39 is 0 Å². The van der Waals surface area contributed by atoms with E-state index in [-0.39, 0.29) is 11.9 Å². The van der Waals surface area contributed by atoms with E-state index in [0.29, 0.717) is 39.1 Å². The summed E-state index contributed by atoms with van der Waals surface area (Å²) in [6.07, 6.45) is 32.1. The first-order chi connectivity index (χ1) is 19.6. The summed E-state index contributed by atoms with van der Waals surface area (Å²) in [7, 11) is 1.97. The molecule has 0 rings (SSSR count). The minimum Gasteiger partial charge on any atom is -0.464 e. The number of unbranched alkanes of at least 4 members (excludes halogenated alkanes) is 22. The molecule has 0 aliphatic carbocycles. The van der Waals surface area contributed by atoms with Gasteiger partial charge in [0.15, 0.2) is 0 Å². The van der Waals surface area contributed by atoms with Gasteiger partial charge in [-0.2, -0.15) is 0 Å². The minimum absolute atomic E-state index is 0.0886. The number of hydrogen-bond donors (Lipinski definition) is 0. The van der Waals surface area contributed by atoms with Crippen LogP contribution in [-0.4, -0.2) is 50.2 Å². The first kappa shape index (κ1) is 38.9. The van der Waals surface area contributed by atoms with Crippen LogP contribution in [0.4, 0.5) is 0 Å². The number of rotatable bonds is 32. The summed E-state index contributed by atoms with van der Waals surface area (Å²) in [5.41, 5.74) is 0. The van der Waals surface area contributed by atoms with Gasteiger partial charge in [-0.05, 0) is 19.9 Å². The van der Waals surface area contributed by atoms with Gasteiger partial charge in [-0.15, -0.1) is 0 Å². The summed E-state index contributed by atoms with van der Waals surface area (Å²) in [5.74, 6) is -0.177. The molecule has 0 aromatic carbocycles. The Morgan fingerprint density at radius 2 is 0.675 bits per heavy atom. The third-order valence-corrected chi connectivity index (χ3v) is 7.94. The second kappa shape index (κ2) is 32.4. The largest absolute Gasteiger partial charge is 0.464 e. The van der Waals surface area contributed by atoms with Crippen LogP contribution in [0.1, 0.15) is 181 Å². The predicted octanol–water partition coefficient (Wildman–Crippen LogP) is 10.2. The van der Waals surface area contributed by atoms with Gasteiger partial charge in [0.05, 0.1) is 0 Å². The first-order valence-corrected chi connectivity index (χ1v) is 17.6. The van der Waals surface area contributed by atoms with Gasteiger partial charge >= 0.3 is 11.9 Å². The molecule has 0 heterocycles. The van der Waals surface area contributed by atoms with Crippen molar-refractivity contribution in [2.24, 2.45) is 0 Å². The van der Waals surface area contributed by atoms with Gasteiger partial charge in [-0.25, -0.2) is 0 Å². The normalized spacial score (nSPS) is 11.3. The molecule has 0 unspecified atom stereocenters. The molecular formula is C35H69NO4. The highest BCUT2D eigenvalue weighted by molar-refractivity contribution is 5.69. The molecule has 0 saturated carbocycles. The van der Waals surface area contributed by atoms with E-state index in [9.17, 15) is 9.59 Å². The van der Waals surface area contributed by atoms with E-state index in [1.165, 1.54) is 128 Å². The lowest BCUT2D eigenvalue weighted by Crippen LogP contribution is -2.28. The van der Waals surface area contributed by atoms with Gasteiger partial charge in [0, 0.05) is 25.9 Å². The van der Waals surface area contributed by atoms with Gasteiger partial charge in [0.2, 0.25) is 0 Å². The topological polar surface area (TPSA) is 55.8 Å². The lowest BCUT2D eigenvalue weighted by Gasteiger charge is -2.16. The average Bonchev–Trinajstić information content (AvgIpc) is 2.94. The van der Waals surface area contributed by atoms with Crippen LogP contribution in [0.25, 0.3) is 0 Å². The Morgan fingerprint density at radius 3 is 0.950 bits per heavy atom. The molecule has 0 radical (unpaired) electrons. The number of esters is 2. The first-order valence-electron chi connectivity index (χ1n) is 17.6. The monoisotopic (exact) mass is 568 g/mol. The maximum atomic E-state index is 12.0. The fraction of sp³-hybridized carbons (Fsp3) is 0.943. The van der Waals surface area contributed by atoms with Crippen LogP contribution in [-0.2, 0) is 19.1 Å². The molecule has 0 N–H and O–H groups in total. The van der Waals surface area contributed by atoms with E-state index >= 15 is 0 Å². The Balaban J connectivity index is 3.38. The van der Waals surface area contributed by atoms with Gasteiger partial charge in [-0.1, -0.05) is 155 Å². The molecule has 0 bridgehead atoms. The SMILES string of the molecule is CCCCCCCCCCCCCCC(=O)OCCN(C)CCOC(=O)CCCCCCCCCCCCCC. The Kier molecular flexibility index (Phi) is 31.5. The second-order valence-corrected chi connectivity index (χ2v) is 12.0. The molecule has 238 valence electrons. The molecule has 0 saturated heterocycles. The zero-order chi connectivity index (χ0) is 29.4. The summed E-state index contributed by atoms with van der Waals surface area (Å²) in [6.45, 7) is 6.67. The zero-order valence-electron chi connectivity index (χ0n) is 27.3. The smallest absolute Gasteiger partial charge is 0.305 e. The van der Waals surface area contributed by atoms with Gasteiger partial charge < -0.3 is 9.47 Å². The van der Waals surface area contributed by atoms with E-state index in [4.69, 9.17) is 9.47 Å². The Labute approximate surface area is 249 Å². The quantitative estimate of drug-likeness (QED) is 0.0598. The van der Waals surface area contributed by atoms with Crippen molar-refractivity contribution >= 4 is 11.9 Å². The number of likely N-dealkylation sites (N-methyl/N-ethyl adjacent to an activating group) is 1. The fourth-order valence-corrected chi connectivity index (χ4v) is 5.11. The summed E-state index contributed by atoms with van der Waals surface area (Å²) >= 11 is 0. The van der Waals surface area contributed by atoms with Crippen molar-refractivity contribution in [1.82, 2.24) is 4.90 Å². The molecule has 5 heteroatoms. The van der Waals surface area contributed by atoms with Crippen LogP contribution in [0.2, 0.25) is 0 Å². The summed E-state index contributed by atoms with van der Waals surface area (Å²) in [4.78, 5) is 26.0. The van der Waals surface area contributed by atoms with E-state index in [1.807, 2.05) is 11.9 Å². The zero-order valence-corrected chi connectivity index (χ0v) is 27.3. The standard InChI is InChI=1S/C35H69NO4/c1-4-6-8-10-12-14-16-18-20-22-24-26-28-34(37)39-32-30-36(3)31-33-40-35(38)29-27-25-23-21-19-17-15-13-11-9-7-5-2/h4-33H2,1-3H3. The highest BCUT2D eigenvalue weighted by Gasteiger charge is 2.07. The molecular weight excluding hydrogens is 498 g/mol. The molecule has 40 heavy (non-hydrogen) atoms. The maximum absolute atomic E-state index is 12.0. The van der Waals surface area contributed by atoms with Crippen molar-refractivity contribution in [2.75, 3.05) is 33.4 Å². The minimum atomic E-state index is -0.0886. The van der Waals surface area contributed by atoms with Crippen molar-refractivity contribution in [3.63, 3.8) is 0 Å². The molecule has 0 aromatic heterocycles. The van der Waals surface area contributed by atoms with Crippen LogP contribution in [0.15, 0.2) is 0 Å². The Bertz CT molecular complexity index is 493. The number of nitrogens with zero attached hydrogens (tertiary/aromatic N) is 1. The van der Waals surface area contributed by atoms with Crippen molar-refractivity contribution in [1.29, 1.82) is 0 Å². The lowest BCUT2D eigenvalue weighted by molar-refractivity contribution is -0.144. The molecule has 5 nitrogen and oxygen atoms in total. The van der Waals surface area contributed by atoms with Crippen LogP contribution in [0.3, 0.4) is 0 Å². The number of carbonyl (C=O) groups is 2. The average molecular weight is 568 g/mol. The summed E-state index contributed by atoms with van der Waals surface area (Å²) in [6, 6.07) is 0. The number of hydrogen-bond acceptors (Lipinski definition) is 5. The Morgan fingerprint density at radius 1 is 0.425 bits per heavy atom. The maximum Gasteiger partial charge on any atom is 0.305 e. The van der Waals surface area contributed by atoms with E-state index in [1.54, 1.807) is 0 Å². The highest BCUT2D eigenvalue weighted by Crippen LogP contribution is 2.14. The number of ether oxygens (including phenoxy) is 2. The fourth-order valence-electron chi connectivity index (χ4n) is 5.11. The third-order valence-electron chi connectivity index (χ3n) is 7.94. The van der Waals surface area contributed by atoms with Crippen molar-refractivity contribution in [2.45, 2.75) is 181 Å². The molecule has 0 aliphatic heterocycles. The highest BCUT2D eigenvalue weighted by atomic mass is 16.5. The van der Waals surface area contributed by atoms with Gasteiger partial charge in [0.25, 0.3) is 0 Å². The predicted molar refractivity (Wildman–Crippen MR) is 171 cm³/mol. The summed E-state index contributed by atoms with van der Waals surface area (Å²) < 4.78 is 10.8. The second-order valence-electron chi connectivity index (χ2n) is 12.0. The number of carbonyl (C=O) groups excluding carboxylic acids is 2. The molecule has 0 atom stereocenters. The van der Waals surface area contributed by atoms with E-state index in [0.717, 1.165) is 25.7 Å². The molecule has 0 spiro atoms. The molecule has 0 fully saturated rings. The van der Waals surface area contributed by atoms with Crippen LogP contribution in [0, 0.1) is 0 Å². The summed E-state index contributed by atoms with van der Waals surface area (Å²) in [5, 5.41) is 0. The third kappa shape index (κ3) is 31.4. The molecule has 0 amide bonds. The van der Waals surface area contributed by atoms with Gasteiger partial charge in [0.1, 0.15) is 13.2 Å². The molecule has 0 aliphatic rings. The van der Waals surface area contributed by atoms with Crippen LogP contribution >= 0.6 is 0 Å².